The third-order valence-electron chi connectivity index (χ3n) is 4.08. The van der Waals surface area contributed by atoms with Gasteiger partial charge in [-0.25, -0.2) is 15.0 Å². The van der Waals surface area contributed by atoms with Gasteiger partial charge < -0.3 is 0 Å². The predicted molar refractivity (Wildman–Crippen MR) is 83.2 cm³/mol. The maximum atomic E-state index is 12.4. The molecule has 1 aliphatic rings. The molecule has 8 nitrogen and oxygen atoms in total. The van der Waals surface area contributed by atoms with Gasteiger partial charge in [0.1, 0.15) is 0 Å². The predicted octanol–water partition coefficient (Wildman–Crippen LogP) is 1.27. The van der Waals surface area contributed by atoms with E-state index in [0.717, 1.165) is 18.5 Å². The summed E-state index contributed by atoms with van der Waals surface area (Å²) >= 11 is 0. The van der Waals surface area contributed by atoms with Crippen molar-refractivity contribution in [2.45, 2.75) is 39.0 Å². The van der Waals surface area contributed by atoms with Crippen LogP contribution in [-0.4, -0.2) is 39.1 Å². The number of nitrogens with one attached hydrogen (secondary N) is 2. The van der Waals surface area contributed by atoms with Crippen LogP contribution in [0.15, 0.2) is 12.3 Å². The molecule has 0 aliphatic heterocycles. The van der Waals surface area contributed by atoms with Gasteiger partial charge in [-0.05, 0) is 25.3 Å². The molecule has 0 radical (unpaired) electrons. The Bertz CT molecular complexity index is 534. The summed E-state index contributed by atoms with van der Waals surface area (Å²) in [6.45, 7) is 1.80. The van der Waals surface area contributed by atoms with Gasteiger partial charge in [0.05, 0.1) is 12.5 Å². The molecule has 126 valence electrons. The molecule has 1 saturated carbocycles. The largest absolute Gasteiger partial charge is 0.286 e. The van der Waals surface area contributed by atoms with Crippen molar-refractivity contribution in [2.24, 2.45) is 11.8 Å². The van der Waals surface area contributed by atoms with Crippen molar-refractivity contribution >= 4 is 18.3 Å². The SMILES string of the molecule is Cc1ccnc(NNC(=O)[C@H](CC2CCCC2)CN(O)C=O)n1. The highest BCUT2D eigenvalue weighted by Crippen LogP contribution is 2.30. The molecule has 1 aliphatic carbocycles. The first kappa shape index (κ1) is 17.1. The Hall–Kier alpha value is -2.22. The van der Waals surface area contributed by atoms with Crippen LogP contribution in [0.4, 0.5) is 5.95 Å². The lowest BCUT2D eigenvalue weighted by atomic mass is 9.92. The lowest BCUT2D eigenvalue weighted by Gasteiger charge is -2.22. The molecule has 0 unspecified atom stereocenters. The summed E-state index contributed by atoms with van der Waals surface area (Å²) < 4.78 is 0. The first-order chi connectivity index (χ1) is 11.1. The van der Waals surface area contributed by atoms with Crippen LogP contribution in [0.5, 0.6) is 0 Å². The van der Waals surface area contributed by atoms with E-state index in [4.69, 9.17) is 0 Å². The molecular formula is C15H23N5O3. The zero-order valence-corrected chi connectivity index (χ0v) is 13.2. The van der Waals surface area contributed by atoms with E-state index < -0.39 is 5.92 Å². The number of nitrogens with zero attached hydrogens (tertiary/aromatic N) is 3. The average Bonchev–Trinajstić information content (AvgIpc) is 3.05. The number of rotatable bonds is 8. The molecule has 0 aromatic carbocycles. The highest BCUT2D eigenvalue weighted by molar-refractivity contribution is 5.80. The van der Waals surface area contributed by atoms with Crippen molar-refractivity contribution in [1.82, 2.24) is 20.5 Å². The number of amides is 2. The van der Waals surface area contributed by atoms with Crippen molar-refractivity contribution in [3.8, 4) is 0 Å². The van der Waals surface area contributed by atoms with Crippen LogP contribution in [0.25, 0.3) is 0 Å². The normalized spacial score (nSPS) is 15.9. The molecule has 23 heavy (non-hydrogen) atoms. The first-order valence-electron chi connectivity index (χ1n) is 7.85. The Morgan fingerprint density at radius 1 is 1.52 bits per heavy atom. The quantitative estimate of drug-likeness (QED) is 0.378. The fourth-order valence-electron chi connectivity index (χ4n) is 2.91. The van der Waals surface area contributed by atoms with Gasteiger partial charge in [0.2, 0.25) is 18.3 Å². The third kappa shape index (κ3) is 5.48. The van der Waals surface area contributed by atoms with Gasteiger partial charge in [0.15, 0.2) is 0 Å². The smallest absolute Gasteiger partial charge is 0.243 e. The standard InChI is InChI=1S/C15H23N5O3/c1-11-6-7-16-15(17-11)19-18-14(22)13(9-20(23)10-21)8-12-4-2-3-5-12/h6-7,10,12-13,23H,2-5,8-9H2,1H3,(H,18,22)(H,16,17,19)/t13-/m1/s1. The van der Waals surface area contributed by atoms with Gasteiger partial charge in [-0.1, -0.05) is 25.7 Å². The summed E-state index contributed by atoms with van der Waals surface area (Å²) in [6.07, 6.45) is 7.07. The van der Waals surface area contributed by atoms with Crippen LogP contribution < -0.4 is 10.9 Å². The Morgan fingerprint density at radius 2 is 2.26 bits per heavy atom. The zero-order chi connectivity index (χ0) is 16.7. The summed E-state index contributed by atoms with van der Waals surface area (Å²) in [7, 11) is 0. The van der Waals surface area contributed by atoms with E-state index in [0.29, 0.717) is 29.8 Å². The highest BCUT2D eigenvalue weighted by atomic mass is 16.5. The van der Waals surface area contributed by atoms with Crippen LogP contribution in [0.3, 0.4) is 0 Å². The highest BCUT2D eigenvalue weighted by Gasteiger charge is 2.26. The monoisotopic (exact) mass is 321 g/mol. The van der Waals surface area contributed by atoms with Gasteiger partial charge >= 0.3 is 0 Å². The summed E-state index contributed by atoms with van der Waals surface area (Å²) in [5.41, 5.74) is 6.01. The molecule has 1 heterocycles. The minimum atomic E-state index is -0.481. The van der Waals surface area contributed by atoms with Crippen LogP contribution in [-0.2, 0) is 9.59 Å². The fraction of sp³-hybridized carbons (Fsp3) is 0.600. The Balaban J connectivity index is 1.92. The Labute approximate surface area is 135 Å². The van der Waals surface area contributed by atoms with Gasteiger partial charge in [0, 0.05) is 11.9 Å². The maximum absolute atomic E-state index is 12.4. The number of carbonyl (C=O) groups is 2. The molecule has 2 amide bonds. The molecule has 3 N–H and O–H groups in total. The van der Waals surface area contributed by atoms with Crippen molar-refractivity contribution in [2.75, 3.05) is 12.0 Å². The number of hydrogen-bond donors (Lipinski definition) is 3. The summed E-state index contributed by atoms with van der Waals surface area (Å²) in [5, 5.41) is 9.93. The Morgan fingerprint density at radius 3 is 2.91 bits per heavy atom. The number of aromatic nitrogens is 2. The first-order valence-corrected chi connectivity index (χ1v) is 7.85. The van der Waals surface area contributed by atoms with E-state index in [9.17, 15) is 14.8 Å². The lowest BCUT2D eigenvalue weighted by molar-refractivity contribution is -0.154. The van der Waals surface area contributed by atoms with Crippen molar-refractivity contribution in [3.63, 3.8) is 0 Å². The third-order valence-corrected chi connectivity index (χ3v) is 4.08. The molecule has 1 aromatic rings. The van der Waals surface area contributed by atoms with Gasteiger partial charge in [-0.3, -0.25) is 25.6 Å². The van der Waals surface area contributed by atoms with Crippen molar-refractivity contribution < 1.29 is 14.8 Å². The topological polar surface area (TPSA) is 107 Å². The number of carbonyl (C=O) groups excluding carboxylic acids is 2. The number of aryl methyl sites for hydroxylation is 1. The van der Waals surface area contributed by atoms with Gasteiger partial charge in [-0.2, -0.15) is 0 Å². The van der Waals surface area contributed by atoms with Crippen molar-refractivity contribution in [1.29, 1.82) is 0 Å². The van der Waals surface area contributed by atoms with E-state index in [1.54, 1.807) is 12.3 Å². The Kier molecular flexibility index (Phi) is 6.28. The van der Waals surface area contributed by atoms with Crippen LogP contribution in [0.2, 0.25) is 0 Å². The van der Waals surface area contributed by atoms with Crippen LogP contribution in [0, 0.1) is 18.8 Å². The lowest BCUT2D eigenvalue weighted by Crippen LogP contribution is -2.41. The number of hydrazine groups is 1. The number of anilines is 1. The molecular weight excluding hydrogens is 298 g/mol. The van der Waals surface area contributed by atoms with Crippen molar-refractivity contribution in [3.05, 3.63) is 18.0 Å². The summed E-state index contributed by atoms with van der Waals surface area (Å²) in [4.78, 5) is 31.1. The van der Waals surface area contributed by atoms with Crippen LogP contribution in [0.1, 0.15) is 37.8 Å². The number of hydroxylamine groups is 2. The average molecular weight is 321 g/mol. The van der Waals surface area contributed by atoms with Gasteiger partial charge in [-0.15, -0.1) is 0 Å². The fourth-order valence-corrected chi connectivity index (χ4v) is 2.91. The van der Waals surface area contributed by atoms with E-state index in [1.807, 2.05) is 6.92 Å². The van der Waals surface area contributed by atoms with Crippen LogP contribution >= 0.6 is 0 Å². The molecule has 1 atom stereocenters. The zero-order valence-electron chi connectivity index (χ0n) is 13.2. The minimum Gasteiger partial charge on any atom is -0.286 e. The van der Waals surface area contributed by atoms with Gasteiger partial charge in [0.25, 0.3) is 0 Å². The molecule has 0 spiro atoms. The van der Waals surface area contributed by atoms with E-state index in [-0.39, 0.29) is 12.5 Å². The molecule has 8 heteroatoms. The summed E-state index contributed by atoms with van der Waals surface area (Å²) in [5.74, 6) is -0.0104. The van der Waals surface area contributed by atoms with E-state index in [1.165, 1.54) is 12.8 Å². The molecule has 0 bridgehead atoms. The molecule has 0 saturated heterocycles. The molecule has 2 rings (SSSR count). The van der Waals surface area contributed by atoms with E-state index >= 15 is 0 Å². The second kappa shape index (κ2) is 8.42. The minimum absolute atomic E-state index is 0.0256. The summed E-state index contributed by atoms with van der Waals surface area (Å²) in [6, 6.07) is 1.75. The second-order valence-electron chi connectivity index (χ2n) is 5.95. The number of hydrogen-bond acceptors (Lipinski definition) is 6. The van der Waals surface area contributed by atoms with E-state index in [2.05, 4.69) is 20.8 Å². The molecule has 1 fully saturated rings. The molecule has 1 aromatic heterocycles. The maximum Gasteiger partial charge on any atom is 0.243 e. The second-order valence-corrected chi connectivity index (χ2v) is 5.95.